The number of amidine groups is 1. The molecule has 1 amide bonds. The fourth-order valence-corrected chi connectivity index (χ4v) is 7.89. The number of aliphatic imine (C=N–C) groups is 1. The number of thioether (sulfide) groups is 1. The molecule has 156 valence electrons. The van der Waals surface area contributed by atoms with Crippen LogP contribution in [0.15, 0.2) is 53.5 Å². The van der Waals surface area contributed by atoms with Gasteiger partial charge in [-0.25, -0.2) is 8.42 Å². The van der Waals surface area contributed by atoms with Gasteiger partial charge in [-0.3, -0.25) is 4.79 Å². The second-order valence-corrected chi connectivity index (χ2v) is 10.8. The average molecular weight is 445 g/mol. The number of carbonyl (C=O) groups is 1. The van der Waals surface area contributed by atoms with Crippen molar-refractivity contribution in [3.63, 3.8) is 0 Å². The van der Waals surface area contributed by atoms with Crippen LogP contribution in [0.1, 0.15) is 12.0 Å². The number of carbonyl (C=O) groups excluding carboxylic acids is 1. The van der Waals surface area contributed by atoms with E-state index in [9.17, 15) is 13.2 Å². The molecule has 5 rings (SSSR count). The van der Waals surface area contributed by atoms with Gasteiger partial charge in [0.05, 0.1) is 17.5 Å². The highest BCUT2D eigenvalue weighted by Crippen LogP contribution is 2.43. The summed E-state index contributed by atoms with van der Waals surface area (Å²) in [4.78, 5) is 18.8. The Hall–Kier alpha value is -2.52. The van der Waals surface area contributed by atoms with Gasteiger partial charge in [0.25, 0.3) is 0 Å². The molecule has 0 N–H and O–H groups in total. The maximum Gasteiger partial charge on any atom is 0.248 e. The molecule has 3 heterocycles. The van der Waals surface area contributed by atoms with E-state index < -0.39 is 9.84 Å². The maximum absolute atomic E-state index is 12.6. The first-order chi connectivity index (χ1) is 14.5. The molecule has 3 aliphatic rings. The number of anilines is 1. The summed E-state index contributed by atoms with van der Waals surface area (Å²) in [5.41, 5.74) is 1.84. The lowest BCUT2D eigenvalue weighted by atomic mass is 10.1. The van der Waals surface area contributed by atoms with E-state index in [1.807, 2.05) is 47.4 Å². The molecule has 2 aromatic rings. The van der Waals surface area contributed by atoms with Crippen LogP contribution < -0.4 is 14.4 Å². The average Bonchev–Trinajstić information content (AvgIpc) is 3.38. The van der Waals surface area contributed by atoms with Crippen molar-refractivity contribution in [3.8, 4) is 11.5 Å². The van der Waals surface area contributed by atoms with Gasteiger partial charge >= 0.3 is 0 Å². The van der Waals surface area contributed by atoms with Crippen molar-refractivity contribution in [2.24, 2.45) is 4.99 Å². The zero-order valence-corrected chi connectivity index (χ0v) is 17.7. The van der Waals surface area contributed by atoms with Crippen LogP contribution in [0.25, 0.3) is 0 Å². The molecule has 7 nitrogen and oxygen atoms in total. The first-order valence-corrected chi connectivity index (χ1v) is 12.4. The number of benzene rings is 2. The van der Waals surface area contributed by atoms with Crippen molar-refractivity contribution >= 4 is 38.4 Å². The van der Waals surface area contributed by atoms with Gasteiger partial charge in [-0.05, 0) is 24.1 Å². The Morgan fingerprint density at radius 2 is 1.90 bits per heavy atom. The van der Waals surface area contributed by atoms with Crippen molar-refractivity contribution in [1.82, 2.24) is 0 Å². The molecule has 2 atom stereocenters. The van der Waals surface area contributed by atoms with Crippen molar-refractivity contribution in [3.05, 3.63) is 54.1 Å². The van der Waals surface area contributed by atoms with Gasteiger partial charge in [0.1, 0.15) is 0 Å². The minimum Gasteiger partial charge on any atom is -0.454 e. The van der Waals surface area contributed by atoms with Gasteiger partial charge < -0.3 is 14.4 Å². The Labute approximate surface area is 179 Å². The molecular weight excluding hydrogens is 424 g/mol. The Kier molecular flexibility index (Phi) is 4.94. The summed E-state index contributed by atoms with van der Waals surface area (Å²) in [6, 6.07) is 15.0. The van der Waals surface area contributed by atoms with Gasteiger partial charge in [-0.1, -0.05) is 42.1 Å². The summed E-state index contributed by atoms with van der Waals surface area (Å²) in [6.07, 6.45) is 0.920. The zero-order valence-electron chi connectivity index (χ0n) is 16.1. The van der Waals surface area contributed by atoms with E-state index in [1.165, 1.54) is 11.8 Å². The summed E-state index contributed by atoms with van der Waals surface area (Å²) < 4.78 is 35.3. The summed E-state index contributed by atoms with van der Waals surface area (Å²) in [7, 11) is -3.11. The van der Waals surface area contributed by atoms with E-state index in [4.69, 9.17) is 9.47 Å². The predicted molar refractivity (Wildman–Crippen MR) is 116 cm³/mol. The number of ether oxygens (including phenoxy) is 2. The number of rotatable bonds is 4. The van der Waals surface area contributed by atoms with Crippen molar-refractivity contribution < 1.29 is 22.7 Å². The van der Waals surface area contributed by atoms with Crippen LogP contribution >= 0.6 is 11.8 Å². The minimum atomic E-state index is -3.11. The van der Waals surface area contributed by atoms with Gasteiger partial charge in [0.15, 0.2) is 26.5 Å². The van der Waals surface area contributed by atoms with Crippen LogP contribution in [0.2, 0.25) is 0 Å². The molecule has 0 radical (unpaired) electrons. The molecule has 2 aromatic carbocycles. The molecule has 0 aliphatic carbocycles. The lowest BCUT2D eigenvalue weighted by molar-refractivity contribution is -0.117. The minimum absolute atomic E-state index is 0.0519. The van der Waals surface area contributed by atoms with E-state index in [1.54, 1.807) is 6.07 Å². The van der Waals surface area contributed by atoms with Crippen LogP contribution in [0, 0.1) is 0 Å². The first-order valence-electron chi connectivity index (χ1n) is 9.70. The molecule has 0 saturated carbocycles. The van der Waals surface area contributed by atoms with Gasteiger partial charge in [0, 0.05) is 23.4 Å². The third kappa shape index (κ3) is 3.79. The van der Waals surface area contributed by atoms with Crippen molar-refractivity contribution in [1.29, 1.82) is 0 Å². The first kappa shape index (κ1) is 19.4. The highest BCUT2D eigenvalue weighted by Gasteiger charge is 2.49. The SMILES string of the molecule is O=C(CCc1ccccc1)N=C1S[C@@H]2CS(=O)(=O)C[C@@H]2N1c1ccc2c(c1)OCO2. The number of nitrogens with zero attached hydrogens (tertiary/aromatic N) is 2. The zero-order chi connectivity index (χ0) is 20.7. The van der Waals surface area contributed by atoms with Gasteiger partial charge in [-0.15, -0.1) is 0 Å². The lowest BCUT2D eigenvalue weighted by Gasteiger charge is -2.24. The van der Waals surface area contributed by atoms with E-state index >= 15 is 0 Å². The molecule has 0 spiro atoms. The molecule has 0 bridgehead atoms. The van der Waals surface area contributed by atoms with Crippen molar-refractivity contribution in [2.45, 2.75) is 24.1 Å². The number of amides is 1. The van der Waals surface area contributed by atoms with Crippen LogP contribution in [0.4, 0.5) is 5.69 Å². The fraction of sp³-hybridized carbons (Fsp3) is 0.333. The number of hydrogen-bond donors (Lipinski definition) is 0. The number of sulfone groups is 1. The molecule has 9 heteroatoms. The predicted octanol–water partition coefficient (Wildman–Crippen LogP) is 2.65. The van der Waals surface area contributed by atoms with Crippen molar-refractivity contribution in [2.75, 3.05) is 23.2 Å². The number of hydrogen-bond acceptors (Lipinski definition) is 6. The third-order valence-electron chi connectivity index (χ3n) is 5.39. The van der Waals surface area contributed by atoms with Crippen LogP contribution in [0.3, 0.4) is 0 Å². The van der Waals surface area contributed by atoms with E-state index in [0.29, 0.717) is 29.5 Å². The van der Waals surface area contributed by atoms with Gasteiger partial charge in [-0.2, -0.15) is 4.99 Å². The molecule has 0 aromatic heterocycles. The Bertz CT molecular complexity index is 1120. The largest absolute Gasteiger partial charge is 0.454 e. The maximum atomic E-state index is 12.6. The fourth-order valence-electron chi connectivity index (χ4n) is 3.96. The Morgan fingerprint density at radius 1 is 1.10 bits per heavy atom. The highest BCUT2D eigenvalue weighted by molar-refractivity contribution is 8.16. The monoisotopic (exact) mass is 444 g/mol. The van der Waals surface area contributed by atoms with Crippen LogP contribution in [-0.2, 0) is 21.1 Å². The van der Waals surface area contributed by atoms with Crippen LogP contribution in [0.5, 0.6) is 11.5 Å². The molecule has 30 heavy (non-hydrogen) atoms. The topological polar surface area (TPSA) is 85.3 Å². The quantitative estimate of drug-likeness (QED) is 0.717. The van der Waals surface area contributed by atoms with E-state index in [2.05, 4.69) is 4.99 Å². The highest BCUT2D eigenvalue weighted by atomic mass is 32.2. The molecule has 2 fully saturated rings. The standard InChI is InChI=1S/C21H20N2O5S2/c24-20(9-6-14-4-2-1-3-5-14)22-21-23(16-11-30(25,26)12-19(16)29-21)15-7-8-17-18(10-15)28-13-27-17/h1-5,7-8,10,16,19H,6,9,11-13H2/t16-,19+/m0/s1. The second kappa shape index (κ2) is 7.63. The smallest absolute Gasteiger partial charge is 0.248 e. The molecule has 3 aliphatic heterocycles. The van der Waals surface area contributed by atoms with E-state index in [0.717, 1.165) is 11.3 Å². The number of aryl methyl sites for hydroxylation is 1. The summed E-state index contributed by atoms with van der Waals surface area (Å²) in [5.74, 6) is 1.20. The second-order valence-electron chi connectivity index (χ2n) is 7.48. The Balaban J connectivity index is 1.41. The number of fused-ring (bicyclic) bond motifs is 2. The Morgan fingerprint density at radius 3 is 2.73 bits per heavy atom. The lowest BCUT2D eigenvalue weighted by Crippen LogP contribution is -2.37. The van der Waals surface area contributed by atoms with Crippen LogP contribution in [-0.4, -0.2) is 49.1 Å². The summed E-state index contributed by atoms with van der Waals surface area (Å²) in [5, 5.41) is 0.415. The molecule has 0 unspecified atom stereocenters. The summed E-state index contributed by atoms with van der Waals surface area (Å²) in [6.45, 7) is 0.160. The molecular formula is C21H20N2O5S2. The normalized spacial score (nSPS) is 24.9. The third-order valence-corrected chi connectivity index (χ3v) is 8.60. The van der Waals surface area contributed by atoms with E-state index in [-0.39, 0.29) is 35.5 Å². The summed E-state index contributed by atoms with van der Waals surface area (Å²) >= 11 is 1.37. The van der Waals surface area contributed by atoms with Gasteiger partial charge in [0.2, 0.25) is 12.7 Å². The molecule has 2 saturated heterocycles.